The van der Waals surface area contributed by atoms with E-state index >= 15 is 0 Å². The SMILES string of the molecule is O=C(O)c1ccc(C(Cc2ccc(C(=O)O)o2)C(=O)O)cc1. The van der Waals surface area contributed by atoms with Crippen molar-refractivity contribution in [2.24, 2.45) is 0 Å². The molecule has 1 unspecified atom stereocenters. The van der Waals surface area contributed by atoms with Crippen LogP contribution in [0.4, 0.5) is 0 Å². The first-order valence-corrected chi connectivity index (χ1v) is 6.26. The molecule has 0 spiro atoms. The molecular weight excluding hydrogens is 292 g/mol. The highest BCUT2D eigenvalue weighted by molar-refractivity contribution is 5.88. The van der Waals surface area contributed by atoms with E-state index in [1.165, 1.54) is 36.4 Å². The molecular formula is C15H12O7. The van der Waals surface area contributed by atoms with Gasteiger partial charge in [-0.1, -0.05) is 12.1 Å². The molecule has 0 saturated heterocycles. The number of benzene rings is 1. The predicted octanol–water partition coefficient (Wildman–Crippen LogP) is 2.09. The van der Waals surface area contributed by atoms with Crippen LogP contribution >= 0.6 is 0 Å². The standard InChI is InChI=1S/C15H12O7/c16-13(17)9-3-1-8(2-4-9)11(14(18)19)7-10-5-6-12(22-10)15(20)21/h1-6,11H,7H2,(H,16,17)(H,18,19)(H,20,21). The van der Waals surface area contributed by atoms with Crippen molar-refractivity contribution in [3.05, 3.63) is 59.0 Å². The number of rotatable bonds is 6. The summed E-state index contributed by atoms with van der Waals surface area (Å²) in [5.41, 5.74) is 0.463. The molecule has 2 aromatic rings. The summed E-state index contributed by atoms with van der Waals surface area (Å²) in [7, 11) is 0. The number of carbonyl (C=O) groups is 3. The second-order valence-corrected chi connectivity index (χ2v) is 4.59. The molecule has 7 heteroatoms. The van der Waals surface area contributed by atoms with Crippen molar-refractivity contribution < 1.29 is 34.1 Å². The van der Waals surface area contributed by atoms with Gasteiger partial charge in [0.1, 0.15) is 5.76 Å². The van der Waals surface area contributed by atoms with Crippen LogP contribution in [0.1, 0.15) is 38.2 Å². The van der Waals surface area contributed by atoms with Crippen LogP contribution in [0.5, 0.6) is 0 Å². The summed E-state index contributed by atoms with van der Waals surface area (Å²) >= 11 is 0. The minimum Gasteiger partial charge on any atom is -0.481 e. The highest BCUT2D eigenvalue weighted by Gasteiger charge is 2.23. The van der Waals surface area contributed by atoms with Gasteiger partial charge in [-0.2, -0.15) is 0 Å². The molecule has 1 atom stereocenters. The zero-order valence-corrected chi connectivity index (χ0v) is 11.2. The molecule has 1 heterocycles. The minimum absolute atomic E-state index is 0.0327. The van der Waals surface area contributed by atoms with Crippen molar-refractivity contribution in [1.82, 2.24) is 0 Å². The summed E-state index contributed by atoms with van der Waals surface area (Å²) in [6.07, 6.45) is -0.0327. The van der Waals surface area contributed by atoms with Gasteiger partial charge in [0.2, 0.25) is 5.76 Å². The molecule has 7 nitrogen and oxygen atoms in total. The molecule has 1 aromatic carbocycles. The molecule has 1 aromatic heterocycles. The summed E-state index contributed by atoms with van der Waals surface area (Å²) in [4.78, 5) is 32.9. The molecule has 0 aliphatic carbocycles. The maximum absolute atomic E-state index is 11.4. The van der Waals surface area contributed by atoms with Crippen LogP contribution < -0.4 is 0 Å². The molecule has 22 heavy (non-hydrogen) atoms. The minimum atomic E-state index is -1.23. The van der Waals surface area contributed by atoms with Crippen LogP contribution in [-0.2, 0) is 11.2 Å². The average molecular weight is 304 g/mol. The van der Waals surface area contributed by atoms with E-state index < -0.39 is 23.8 Å². The van der Waals surface area contributed by atoms with Crippen LogP contribution in [0.25, 0.3) is 0 Å². The van der Waals surface area contributed by atoms with Crippen LogP contribution in [0.3, 0.4) is 0 Å². The maximum atomic E-state index is 11.4. The molecule has 0 aliphatic rings. The van der Waals surface area contributed by atoms with Gasteiger partial charge >= 0.3 is 17.9 Å². The second-order valence-electron chi connectivity index (χ2n) is 4.59. The van der Waals surface area contributed by atoms with Gasteiger partial charge in [-0.3, -0.25) is 4.79 Å². The lowest BCUT2D eigenvalue weighted by molar-refractivity contribution is -0.138. The van der Waals surface area contributed by atoms with E-state index in [4.69, 9.17) is 14.6 Å². The summed E-state index contributed by atoms with van der Waals surface area (Å²) in [6, 6.07) is 8.14. The molecule has 114 valence electrons. The van der Waals surface area contributed by atoms with Crippen LogP contribution in [0.2, 0.25) is 0 Å². The fourth-order valence-electron chi connectivity index (χ4n) is 2.01. The highest BCUT2D eigenvalue weighted by atomic mass is 16.4. The van der Waals surface area contributed by atoms with Crippen molar-refractivity contribution in [1.29, 1.82) is 0 Å². The Morgan fingerprint density at radius 2 is 1.55 bits per heavy atom. The monoisotopic (exact) mass is 304 g/mol. The van der Waals surface area contributed by atoms with Crippen LogP contribution in [0.15, 0.2) is 40.8 Å². The van der Waals surface area contributed by atoms with Crippen molar-refractivity contribution in [3.63, 3.8) is 0 Å². The van der Waals surface area contributed by atoms with E-state index in [0.29, 0.717) is 5.56 Å². The van der Waals surface area contributed by atoms with E-state index in [1.807, 2.05) is 0 Å². The Bertz CT molecular complexity index is 712. The summed E-state index contributed by atoms with van der Waals surface area (Å²) in [5.74, 6) is -4.45. The molecule has 3 N–H and O–H groups in total. The number of carboxylic acid groups (broad SMARTS) is 3. The van der Waals surface area contributed by atoms with E-state index in [0.717, 1.165) is 0 Å². The lowest BCUT2D eigenvalue weighted by Crippen LogP contribution is -2.14. The molecule has 2 rings (SSSR count). The van der Waals surface area contributed by atoms with E-state index in [-0.39, 0.29) is 23.5 Å². The molecule has 0 fully saturated rings. The Labute approximate surface area is 124 Å². The second kappa shape index (κ2) is 6.13. The van der Waals surface area contributed by atoms with Gasteiger partial charge in [0.25, 0.3) is 0 Å². The molecule has 0 bridgehead atoms. The number of hydrogen-bond donors (Lipinski definition) is 3. The normalized spacial score (nSPS) is 11.8. The van der Waals surface area contributed by atoms with Crippen molar-refractivity contribution in [2.45, 2.75) is 12.3 Å². The smallest absolute Gasteiger partial charge is 0.371 e. The molecule has 0 aliphatic heterocycles. The first-order valence-electron chi connectivity index (χ1n) is 6.26. The Morgan fingerprint density at radius 3 is 2.00 bits per heavy atom. The average Bonchev–Trinajstić information content (AvgIpc) is 2.93. The number of aromatic carboxylic acids is 2. The lowest BCUT2D eigenvalue weighted by atomic mass is 9.94. The first-order chi connectivity index (χ1) is 10.4. The van der Waals surface area contributed by atoms with Gasteiger partial charge in [0, 0.05) is 6.42 Å². The van der Waals surface area contributed by atoms with Crippen molar-refractivity contribution in [3.8, 4) is 0 Å². The third-order valence-corrected chi connectivity index (χ3v) is 3.14. The van der Waals surface area contributed by atoms with E-state index in [9.17, 15) is 19.5 Å². The third-order valence-electron chi connectivity index (χ3n) is 3.14. The first kappa shape index (κ1) is 15.3. The molecule has 0 radical (unpaired) electrons. The van der Waals surface area contributed by atoms with Crippen molar-refractivity contribution in [2.75, 3.05) is 0 Å². The van der Waals surface area contributed by atoms with Gasteiger partial charge in [-0.15, -0.1) is 0 Å². The highest BCUT2D eigenvalue weighted by Crippen LogP contribution is 2.23. The molecule has 0 amide bonds. The fraction of sp³-hybridized carbons (Fsp3) is 0.133. The number of hydrogen-bond acceptors (Lipinski definition) is 4. The van der Waals surface area contributed by atoms with Crippen molar-refractivity contribution >= 4 is 17.9 Å². The maximum Gasteiger partial charge on any atom is 0.371 e. The summed E-state index contributed by atoms with van der Waals surface area (Å²) in [6.45, 7) is 0. The quantitative estimate of drug-likeness (QED) is 0.746. The molecule has 0 saturated carbocycles. The Balaban J connectivity index is 2.24. The van der Waals surface area contributed by atoms with Gasteiger partial charge in [-0.05, 0) is 29.8 Å². The number of carboxylic acids is 3. The zero-order valence-electron chi connectivity index (χ0n) is 11.2. The lowest BCUT2D eigenvalue weighted by Gasteiger charge is -2.11. The third kappa shape index (κ3) is 3.32. The zero-order chi connectivity index (χ0) is 16.3. The van der Waals surface area contributed by atoms with E-state index in [2.05, 4.69) is 0 Å². The summed E-state index contributed by atoms with van der Waals surface area (Å²) < 4.78 is 5.05. The van der Waals surface area contributed by atoms with Gasteiger partial charge < -0.3 is 19.7 Å². The topological polar surface area (TPSA) is 125 Å². The predicted molar refractivity (Wildman–Crippen MR) is 73.1 cm³/mol. The van der Waals surface area contributed by atoms with Crippen LogP contribution in [-0.4, -0.2) is 33.2 Å². The number of aliphatic carboxylic acids is 1. The number of furan rings is 1. The largest absolute Gasteiger partial charge is 0.481 e. The van der Waals surface area contributed by atoms with Gasteiger partial charge in [0.05, 0.1) is 11.5 Å². The Morgan fingerprint density at radius 1 is 0.909 bits per heavy atom. The Hall–Kier alpha value is -3.09. The Kier molecular flexibility index (Phi) is 4.26. The van der Waals surface area contributed by atoms with Crippen LogP contribution in [0, 0.1) is 0 Å². The fourth-order valence-corrected chi connectivity index (χ4v) is 2.01. The van der Waals surface area contributed by atoms with E-state index in [1.54, 1.807) is 0 Å². The van der Waals surface area contributed by atoms with Gasteiger partial charge in [-0.25, -0.2) is 9.59 Å². The van der Waals surface area contributed by atoms with Gasteiger partial charge in [0.15, 0.2) is 0 Å². The summed E-state index contributed by atoms with van der Waals surface area (Å²) in [5, 5.41) is 26.9.